The van der Waals surface area contributed by atoms with Crippen LogP contribution in [-0.2, 0) is 30.3 Å². The van der Waals surface area contributed by atoms with E-state index in [1.807, 2.05) is 13.8 Å². The third-order valence-corrected chi connectivity index (χ3v) is 6.59. The molecule has 0 atom stereocenters. The van der Waals surface area contributed by atoms with E-state index in [4.69, 9.17) is 14.2 Å². The minimum Gasteiger partial charge on any atom is -0.493 e. The number of ether oxygens (including phenoxy) is 3. The van der Waals surface area contributed by atoms with E-state index >= 15 is 0 Å². The highest BCUT2D eigenvalue weighted by Gasteiger charge is 2.28. The molecule has 36 heavy (non-hydrogen) atoms. The quantitative estimate of drug-likeness (QED) is 0.396. The SMILES string of the molecule is CCCn1c(=O)c2c(nc(C=Cc3cc(OC)c(OC)c(OC)c3S(=O)(=O)O)n2C)n(CCC)c1=O. The molecule has 196 valence electrons. The first-order valence-electron chi connectivity index (χ1n) is 11.2. The Morgan fingerprint density at radius 2 is 1.58 bits per heavy atom. The Bertz CT molecular complexity index is 1550. The molecule has 3 aromatic rings. The van der Waals surface area contributed by atoms with Crippen molar-refractivity contribution < 1.29 is 27.2 Å². The van der Waals surface area contributed by atoms with Gasteiger partial charge in [-0.1, -0.05) is 13.8 Å². The first-order chi connectivity index (χ1) is 17.0. The summed E-state index contributed by atoms with van der Waals surface area (Å²) in [7, 11) is 0.800. The molecule has 1 N–H and O–H groups in total. The minimum absolute atomic E-state index is 0.00689. The van der Waals surface area contributed by atoms with E-state index in [9.17, 15) is 22.6 Å². The number of imidazole rings is 1. The highest BCUT2D eigenvalue weighted by Crippen LogP contribution is 2.44. The van der Waals surface area contributed by atoms with Crippen LogP contribution in [0.1, 0.15) is 38.1 Å². The number of nitrogens with zero attached hydrogens (tertiary/aromatic N) is 4. The van der Waals surface area contributed by atoms with Crippen molar-refractivity contribution in [2.75, 3.05) is 21.3 Å². The summed E-state index contributed by atoms with van der Waals surface area (Å²) in [5.41, 5.74) is -0.362. The van der Waals surface area contributed by atoms with E-state index in [0.717, 1.165) is 0 Å². The van der Waals surface area contributed by atoms with Crippen molar-refractivity contribution in [3.63, 3.8) is 0 Å². The van der Waals surface area contributed by atoms with Crippen LogP contribution in [0.15, 0.2) is 20.6 Å². The molecule has 12 nitrogen and oxygen atoms in total. The number of benzene rings is 1. The number of aromatic nitrogens is 4. The van der Waals surface area contributed by atoms with Crippen molar-refractivity contribution in [3.8, 4) is 17.2 Å². The fourth-order valence-electron chi connectivity index (χ4n) is 4.08. The summed E-state index contributed by atoms with van der Waals surface area (Å²) in [6.07, 6.45) is 4.13. The molecule has 0 aliphatic carbocycles. The lowest BCUT2D eigenvalue weighted by Gasteiger charge is -2.16. The highest BCUT2D eigenvalue weighted by molar-refractivity contribution is 7.86. The molecule has 2 aromatic heterocycles. The van der Waals surface area contributed by atoms with Gasteiger partial charge in [-0.2, -0.15) is 8.42 Å². The molecule has 0 spiro atoms. The Kier molecular flexibility index (Phi) is 7.94. The second-order valence-electron chi connectivity index (χ2n) is 7.96. The van der Waals surface area contributed by atoms with E-state index in [2.05, 4.69) is 4.98 Å². The summed E-state index contributed by atoms with van der Waals surface area (Å²) in [6.45, 7) is 4.44. The molecule has 0 bridgehead atoms. The second-order valence-corrected chi connectivity index (χ2v) is 9.32. The van der Waals surface area contributed by atoms with Gasteiger partial charge in [0.25, 0.3) is 15.7 Å². The number of fused-ring (bicyclic) bond motifs is 1. The lowest BCUT2D eigenvalue weighted by molar-refractivity contribution is 0.317. The van der Waals surface area contributed by atoms with Crippen molar-refractivity contribution in [2.45, 2.75) is 44.7 Å². The molecule has 0 fully saturated rings. The summed E-state index contributed by atoms with van der Waals surface area (Å²) in [4.78, 5) is 30.1. The van der Waals surface area contributed by atoms with Crippen LogP contribution < -0.4 is 25.5 Å². The lowest BCUT2D eigenvalue weighted by atomic mass is 10.1. The van der Waals surface area contributed by atoms with E-state index in [-0.39, 0.29) is 46.3 Å². The summed E-state index contributed by atoms with van der Waals surface area (Å²) < 4.78 is 54.4. The maximum absolute atomic E-state index is 13.1. The number of rotatable bonds is 10. The first-order valence-corrected chi connectivity index (χ1v) is 12.7. The van der Waals surface area contributed by atoms with Gasteiger partial charge in [-0.15, -0.1) is 0 Å². The smallest absolute Gasteiger partial charge is 0.332 e. The van der Waals surface area contributed by atoms with Crippen molar-refractivity contribution in [3.05, 3.63) is 38.3 Å². The molecule has 2 heterocycles. The van der Waals surface area contributed by atoms with Gasteiger partial charge in [-0.25, -0.2) is 9.78 Å². The number of methoxy groups -OCH3 is 3. The van der Waals surface area contributed by atoms with E-state index < -0.39 is 26.3 Å². The van der Waals surface area contributed by atoms with Crippen molar-refractivity contribution in [1.82, 2.24) is 18.7 Å². The Balaban J connectivity index is 2.32. The average molecular weight is 523 g/mol. The Labute approximate surface area is 208 Å². The van der Waals surface area contributed by atoms with Crippen LogP contribution in [0.2, 0.25) is 0 Å². The van der Waals surface area contributed by atoms with Crippen LogP contribution >= 0.6 is 0 Å². The predicted octanol–water partition coefficient (Wildman–Crippen LogP) is 2.16. The molecule has 1 aromatic carbocycles. The van der Waals surface area contributed by atoms with Gasteiger partial charge < -0.3 is 18.8 Å². The van der Waals surface area contributed by atoms with Gasteiger partial charge in [0.15, 0.2) is 22.7 Å². The fraction of sp³-hybridized carbons (Fsp3) is 0.435. The number of hydrogen-bond donors (Lipinski definition) is 1. The molecular formula is C23H30N4O8S. The molecule has 3 rings (SSSR count). The third kappa shape index (κ3) is 4.63. The van der Waals surface area contributed by atoms with Crippen molar-refractivity contribution in [1.29, 1.82) is 0 Å². The molecule has 13 heteroatoms. The highest BCUT2D eigenvalue weighted by atomic mass is 32.2. The summed E-state index contributed by atoms with van der Waals surface area (Å²) >= 11 is 0. The molecular weight excluding hydrogens is 492 g/mol. The molecule has 0 saturated heterocycles. The van der Waals surface area contributed by atoms with E-state index in [0.29, 0.717) is 19.4 Å². The van der Waals surface area contributed by atoms with Gasteiger partial charge in [0.05, 0.1) is 21.3 Å². The first kappa shape index (κ1) is 27.0. The number of aryl methyl sites for hydroxylation is 2. The molecule has 0 saturated carbocycles. The second kappa shape index (κ2) is 10.6. The molecule has 0 radical (unpaired) electrons. The van der Waals surface area contributed by atoms with Gasteiger partial charge in [0.2, 0.25) is 5.75 Å². The van der Waals surface area contributed by atoms with E-state index in [1.54, 1.807) is 7.05 Å². The predicted molar refractivity (Wildman–Crippen MR) is 135 cm³/mol. The minimum atomic E-state index is -4.75. The fourth-order valence-corrected chi connectivity index (χ4v) is 4.91. The zero-order valence-corrected chi connectivity index (χ0v) is 21.9. The standard InChI is InChI=1S/C23H30N4O8S/c1-7-11-26-21-17(22(28)27(12-8-2)23(26)29)25(3)16(24-21)10-9-14-13-15(33-4)18(34-5)19(35-6)20(14)36(30,31)32/h9-10,13H,7-8,11-12H2,1-6H3,(H,30,31,32). The van der Waals surface area contributed by atoms with Crippen LogP contribution in [-0.4, -0.2) is 53.0 Å². The monoisotopic (exact) mass is 522 g/mol. The van der Waals surface area contributed by atoms with Gasteiger partial charge in [0.1, 0.15) is 10.7 Å². The molecule has 0 aliphatic heterocycles. The normalized spacial score (nSPS) is 12.0. The van der Waals surface area contributed by atoms with Crippen LogP contribution in [0, 0.1) is 0 Å². The maximum Gasteiger partial charge on any atom is 0.332 e. The van der Waals surface area contributed by atoms with Crippen LogP contribution in [0.4, 0.5) is 0 Å². The molecule has 0 unspecified atom stereocenters. The van der Waals surface area contributed by atoms with Gasteiger partial charge in [0, 0.05) is 25.7 Å². The zero-order chi connectivity index (χ0) is 26.8. The van der Waals surface area contributed by atoms with Crippen molar-refractivity contribution in [2.24, 2.45) is 7.05 Å². The van der Waals surface area contributed by atoms with Gasteiger partial charge in [-0.3, -0.25) is 18.5 Å². The van der Waals surface area contributed by atoms with Crippen LogP contribution in [0.25, 0.3) is 23.3 Å². The molecule has 0 aliphatic rings. The Hall–Kier alpha value is -3.58. The lowest BCUT2D eigenvalue weighted by Crippen LogP contribution is -2.40. The largest absolute Gasteiger partial charge is 0.493 e. The average Bonchev–Trinajstić information content (AvgIpc) is 3.17. The summed E-state index contributed by atoms with van der Waals surface area (Å²) in [5.74, 6) is 0.220. The van der Waals surface area contributed by atoms with E-state index in [1.165, 1.54) is 53.2 Å². The molecule has 0 amide bonds. The summed E-state index contributed by atoms with van der Waals surface area (Å²) in [5, 5.41) is 0. The summed E-state index contributed by atoms with van der Waals surface area (Å²) in [6, 6.07) is 1.37. The van der Waals surface area contributed by atoms with Gasteiger partial charge >= 0.3 is 5.69 Å². The number of hydrogen-bond acceptors (Lipinski definition) is 8. The van der Waals surface area contributed by atoms with Crippen molar-refractivity contribution >= 4 is 33.4 Å². The maximum atomic E-state index is 13.1. The van der Waals surface area contributed by atoms with Gasteiger partial charge in [-0.05, 0) is 31.1 Å². The zero-order valence-electron chi connectivity index (χ0n) is 21.1. The Morgan fingerprint density at radius 1 is 0.972 bits per heavy atom. The van der Waals surface area contributed by atoms with Crippen LogP contribution in [0.5, 0.6) is 17.2 Å². The van der Waals surface area contributed by atoms with Crippen LogP contribution in [0.3, 0.4) is 0 Å². The third-order valence-electron chi connectivity index (χ3n) is 5.65. The topological polar surface area (TPSA) is 144 Å². The Morgan fingerprint density at radius 3 is 2.11 bits per heavy atom.